The number of ether oxygens (including phenoxy) is 1. The number of carbonyl (C=O) groups is 3. The van der Waals surface area contributed by atoms with E-state index in [9.17, 15) is 19.5 Å². The van der Waals surface area contributed by atoms with Gasteiger partial charge >= 0.3 is 5.97 Å². The maximum atomic E-state index is 12.7. The van der Waals surface area contributed by atoms with Gasteiger partial charge in [0.05, 0.1) is 11.5 Å². The second-order valence-electron chi connectivity index (χ2n) is 6.44. The van der Waals surface area contributed by atoms with Gasteiger partial charge in [0.2, 0.25) is 5.91 Å². The molecule has 3 N–H and O–H groups in total. The second-order valence-corrected chi connectivity index (χ2v) is 8.12. The Morgan fingerprint density at radius 3 is 2.77 bits per heavy atom. The number of thioether (sulfide) groups is 1. The Hall–Kier alpha value is -2.59. The first kappa shape index (κ1) is 23.7. The molecule has 0 bridgehead atoms. The minimum atomic E-state index is -0.895. The molecule has 8 nitrogen and oxygen atoms in total. The van der Waals surface area contributed by atoms with Crippen molar-refractivity contribution >= 4 is 52.2 Å². The Balaban J connectivity index is 1.87. The normalized spacial score (nSPS) is 15.0. The summed E-state index contributed by atoms with van der Waals surface area (Å²) in [4.78, 5) is 36.8. The Bertz CT molecular complexity index is 856. The molecule has 0 unspecified atom stereocenters. The fourth-order valence-corrected chi connectivity index (χ4v) is 4.00. The minimum absolute atomic E-state index is 0.0102. The molecule has 0 radical (unpaired) electrons. The molecular weight excluding hydrogens is 428 g/mol. The molecule has 0 spiro atoms. The highest BCUT2D eigenvalue weighted by molar-refractivity contribution is 8.26. The van der Waals surface area contributed by atoms with E-state index in [1.54, 1.807) is 18.2 Å². The molecule has 1 aliphatic rings. The van der Waals surface area contributed by atoms with Crippen LogP contribution in [0, 0.1) is 0 Å². The Labute approximate surface area is 184 Å². The third kappa shape index (κ3) is 7.03. The van der Waals surface area contributed by atoms with Crippen molar-refractivity contribution < 1.29 is 29.3 Å². The molecule has 1 heterocycles. The van der Waals surface area contributed by atoms with Gasteiger partial charge in [0.15, 0.2) is 11.5 Å². The van der Waals surface area contributed by atoms with Gasteiger partial charge in [-0.25, -0.2) is 0 Å². The van der Waals surface area contributed by atoms with Gasteiger partial charge in [0.1, 0.15) is 4.32 Å². The second kappa shape index (κ2) is 11.6. The van der Waals surface area contributed by atoms with Crippen molar-refractivity contribution in [2.24, 2.45) is 0 Å². The monoisotopic (exact) mass is 452 g/mol. The maximum absolute atomic E-state index is 12.7. The van der Waals surface area contributed by atoms with Gasteiger partial charge in [-0.3, -0.25) is 19.3 Å². The van der Waals surface area contributed by atoms with E-state index >= 15 is 0 Å². The van der Waals surface area contributed by atoms with Crippen LogP contribution in [0.15, 0.2) is 23.1 Å². The van der Waals surface area contributed by atoms with Crippen molar-refractivity contribution in [2.75, 3.05) is 19.7 Å². The third-order valence-corrected chi connectivity index (χ3v) is 5.51. The number of nitrogens with one attached hydrogen (secondary N) is 1. The zero-order valence-corrected chi connectivity index (χ0v) is 18.2. The first-order valence-corrected chi connectivity index (χ1v) is 10.7. The lowest BCUT2D eigenvalue weighted by molar-refractivity contribution is -0.137. The number of carboxylic acids is 1. The van der Waals surface area contributed by atoms with Crippen LogP contribution in [0.3, 0.4) is 0 Å². The number of nitrogens with zero attached hydrogens (tertiary/aromatic N) is 1. The number of hydrogen-bond acceptors (Lipinski definition) is 7. The van der Waals surface area contributed by atoms with Crippen LogP contribution >= 0.6 is 24.0 Å². The lowest BCUT2D eigenvalue weighted by atomic mass is 10.2. The first-order valence-electron chi connectivity index (χ1n) is 9.51. The van der Waals surface area contributed by atoms with E-state index in [4.69, 9.17) is 22.1 Å². The first-order chi connectivity index (χ1) is 14.3. The van der Waals surface area contributed by atoms with E-state index in [1.165, 1.54) is 22.7 Å². The molecule has 2 amide bonds. The molecule has 0 saturated carbocycles. The highest BCUT2D eigenvalue weighted by Crippen LogP contribution is 2.34. The average Bonchev–Trinajstić information content (AvgIpc) is 2.95. The Kier molecular flexibility index (Phi) is 9.13. The van der Waals surface area contributed by atoms with E-state index in [1.807, 2.05) is 6.92 Å². The number of aliphatic carboxylic acids is 1. The molecule has 2 rings (SSSR count). The van der Waals surface area contributed by atoms with Gasteiger partial charge in [-0.05, 0) is 43.5 Å². The van der Waals surface area contributed by atoms with Gasteiger partial charge in [0, 0.05) is 25.9 Å². The average molecular weight is 453 g/mol. The maximum Gasteiger partial charge on any atom is 0.303 e. The molecule has 0 aromatic heterocycles. The number of hydrogen-bond donors (Lipinski definition) is 3. The number of benzene rings is 1. The lowest BCUT2D eigenvalue weighted by Gasteiger charge is -2.14. The largest absolute Gasteiger partial charge is 0.504 e. The van der Waals surface area contributed by atoms with Gasteiger partial charge in [-0.1, -0.05) is 30.0 Å². The molecule has 1 aromatic rings. The summed E-state index contributed by atoms with van der Waals surface area (Å²) in [5, 5.41) is 21.0. The van der Waals surface area contributed by atoms with Crippen LogP contribution in [0.25, 0.3) is 6.08 Å². The van der Waals surface area contributed by atoms with Crippen LogP contribution in [0.2, 0.25) is 0 Å². The van der Waals surface area contributed by atoms with Crippen LogP contribution in [-0.2, 0) is 14.4 Å². The number of aromatic hydroxyl groups is 1. The summed E-state index contributed by atoms with van der Waals surface area (Å²) in [6, 6.07) is 4.84. The lowest BCUT2D eigenvalue weighted by Crippen LogP contribution is -2.31. The van der Waals surface area contributed by atoms with Crippen LogP contribution in [0.1, 0.15) is 38.2 Å². The molecule has 30 heavy (non-hydrogen) atoms. The van der Waals surface area contributed by atoms with Gasteiger partial charge in [-0.2, -0.15) is 0 Å². The summed E-state index contributed by atoms with van der Waals surface area (Å²) >= 11 is 6.48. The molecule has 1 fully saturated rings. The van der Waals surface area contributed by atoms with Gasteiger partial charge in [-0.15, -0.1) is 0 Å². The predicted molar refractivity (Wildman–Crippen MR) is 118 cm³/mol. The summed E-state index contributed by atoms with van der Waals surface area (Å²) in [5.74, 6) is -0.932. The number of thiocarbonyl (C=S) groups is 1. The summed E-state index contributed by atoms with van der Waals surface area (Å²) in [6.07, 6.45) is 2.74. The Morgan fingerprint density at radius 1 is 1.30 bits per heavy atom. The quantitative estimate of drug-likeness (QED) is 0.267. The van der Waals surface area contributed by atoms with Crippen molar-refractivity contribution in [3.8, 4) is 11.5 Å². The van der Waals surface area contributed by atoms with E-state index in [2.05, 4.69) is 5.32 Å². The van der Waals surface area contributed by atoms with E-state index in [-0.39, 0.29) is 30.4 Å². The number of phenolic OH excluding ortho intramolecular Hbond substituents is 1. The van der Waals surface area contributed by atoms with Crippen molar-refractivity contribution in [2.45, 2.75) is 32.6 Å². The summed E-state index contributed by atoms with van der Waals surface area (Å²) in [7, 11) is 0. The van der Waals surface area contributed by atoms with Crippen molar-refractivity contribution in [1.29, 1.82) is 0 Å². The molecular formula is C20H24N2O6S2. The molecule has 10 heteroatoms. The SMILES string of the molecule is CCOc1cc(/C=C2\SC(=S)N(CCCC(=O)NCCCC(=O)O)C2=O)ccc1O. The van der Waals surface area contributed by atoms with Gasteiger partial charge in [0.25, 0.3) is 5.91 Å². The molecule has 0 atom stereocenters. The van der Waals surface area contributed by atoms with Crippen molar-refractivity contribution in [3.05, 3.63) is 28.7 Å². The summed E-state index contributed by atoms with van der Waals surface area (Å²) in [5.41, 5.74) is 0.706. The van der Waals surface area contributed by atoms with Gasteiger partial charge < -0.3 is 20.3 Å². The number of carbonyl (C=O) groups excluding carboxylic acids is 2. The molecule has 0 aliphatic carbocycles. The van der Waals surface area contributed by atoms with Crippen molar-refractivity contribution in [1.82, 2.24) is 10.2 Å². The number of rotatable bonds is 11. The Morgan fingerprint density at radius 2 is 2.07 bits per heavy atom. The standard InChI is InChI=1S/C20H24N2O6S2/c1-2-28-15-11-13(7-8-14(15)23)12-16-19(27)22(20(29)30-16)10-4-5-17(24)21-9-3-6-18(25)26/h7-8,11-12,23H,2-6,9-10H2,1H3,(H,21,24)(H,25,26)/b16-12-. The molecule has 1 aromatic carbocycles. The third-order valence-electron chi connectivity index (χ3n) is 4.13. The van der Waals surface area contributed by atoms with Crippen LogP contribution in [0.5, 0.6) is 11.5 Å². The summed E-state index contributed by atoms with van der Waals surface area (Å²) in [6.45, 7) is 2.86. The smallest absolute Gasteiger partial charge is 0.303 e. The fraction of sp³-hybridized carbons (Fsp3) is 0.400. The van der Waals surface area contributed by atoms with Crippen LogP contribution in [-0.4, -0.2) is 56.9 Å². The van der Waals surface area contributed by atoms with Crippen LogP contribution < -0.4 is 10.1 Å². The topological polar surface area (TPSA) is 116 Å². The fourth-order valence-electron chi connectivity index (χ4n) is 2.69. The number of phenols is 1. The van der Waals surface area contributed by atoms with E-state index in [0.717, 1.165) is 0 Å². The summed E-state index contributed by atoms with van der Waals surface area (Å²) < 4.78 is 5.79. The number of carboxylic acid groups (broad SMARTS) is 1. The molecule has 1 saturated heterocycles. The molecule has 162 valence electrons. The number of amides is 2. The predicted octanol–water partition coefficient (Wildman–Crippen LogP) is 2.75. The van der Waals surface area contributed by atoms with Crippen LogP contribution in [0.4, 0.5) is 0 Å². The highest BCUT2D eigenvalue weighted by atomic mass is 32.2. The van der Waals surface area contributed by atoms with E-state index < -0.39 is 5.97 Å². The van der Waals surface area contributed by atoms with Crippen molar-refractivity contribution in [3.63, 3.8) is 0 Å². The molecule has 1 aliphatic heterocycles. The zero-order chi connectivity index (χ0) is 22.1. The highest BCUT2D eigenvalue weighted by Gasteiger charge is 2.31. The zero-order valence-electron chi connectivity index (χ0n) is 16.6. The minimum Gasteiger partial charge on any atom is -0.504 e. The van der Waals surface area contributed by atoms with E-state index in [0.29, 0.717) is 53.1 Å².